The van der Waals surface area contributed by atoms with Crippen molar-refractivity contribution in [3.63, 3.8) is 0 Å². The van der Waals surface area contributed by atoms with E-state index in [0.29, 0.717) is 21.9 Å². The van der Waals surface area contributed by atoms with Crippen molar-refractivity contribution in [1.29, 1.82) is 0 Å². The first-order valence-electron chi connectivity index (χ1n) is 5.32. The molecular formula is C12H8Cl2F3N3. The van der Waals surface area contributed by atoms with Crippen molar-refractivity contribution in [3.05, 3.63) is 46.1 Å². The summed E-state index contributed by atoms with van der Waals surface area (Å²) in [6.07, 6.45) is -3.84. The molecule has 0 saturated heterocycles. The molecule has 3 N–H and O–H groups in total. The van der Waals surface area contributed by atoms with Gasteiger partial charge in [-0.15, -0.1) is 0 Å². The van der Waals surface area contributed by atoms with E-state index in [1.165, 1.54) is 12.1 Å². The predicted octanol–water partition coefficient (Wildman–Crippen LogP) is 4.73. The number of nitrogen functional groups attached to an aromatic ring is 1. The molecule has 0 amide bonds. The lowest BCUT2D eigenvalue weighted by Crippen LogP contribution is -2.08. The molecule has 3 nitrogen and oxygen atoms in total. The Morgan fingerprint density at radius 2 is 1.80 bits per heavy atom. The Morgan fingerprint density at radius 3 is 2.45 bits per heavy atom. The number of pyridine rings is 1. The van der Waals surface area contributed by atoms with Gasteiger partial charge in [-0.1, -0.05) is 23.2 Å². The number of halogens is 5. The Kier molecular flexibility index (Phi) is 3.96. The summed E-state index contributed by atoms with van der Waals surface area (Å²) in [4.78, 5) is 3.51. The van der Waals surface area contributed by atoms with Gasteiger partial charge in [0.25, 0.3) is 0 Å². The maximum atomic E-state index is 12.6. The van der Waals surface area contributed by atoms with E-state index in [9.17, 15) is 13.2 Å². The minimum Gasteiger partial charge on any atom is -0.382 e. The van der Waals surface area contributed by atoms with Gasteiger partial charge in [-0.25, -0.2) is 4.98 Å². The summed E-state index contributed by atoms with van der Waals surface area (Å²) < 4.78 is 37.9. The maximum Gasteiger partial charge on any atom is 0.417 e. The fourth-order valence-corrected chi connectivity index (χ4v) is 1.81. The van der Waals surface area contributed by atoms with Gasteiger partial charge >= 0.3 is 6.18 Å². The average Bonchev–Trinajstić information content (AvgIpc) is 2.35. The van der Waals surface area contributed by atoms with Gasteiger partial charge in [-0.3, -0.25) is 0 Å². The molecule has 0 spiro atoms. The van der Waals surface area contributed by atoms with Crippen molar-refractivity contribution in [2.45, 2.75) is 6.18 Å². The number of aromatic nitrogens is 1. The lowest BCUT2D eigenvalue weighted by Gasteiger charge is -2.13. The lowest BCUT2D eigenvalue weighted by molar-refractivity contribution is -0.137. The largest absolute Gasteiger partial charge is 0.417 e. The van der Waals surface area contributed by atoms with Gasteiger partial charge in [-0.05, 0) is 24.3 Å². The molecule has 1 aromatic carbocycles. The number of anilines is 3. The maximum absolute atomic E-state index is 12.6. The minimum atomic E-state index is -4.50. The summed E-state index contributed by atoms with van der Waals surface area (Å²) in [6.45, 7) is 0. The fourth-order valence-electron chi connectivity index (χ4n) is 1.47. The summed E-state index contributed by atoms with van der Waals surface area (Å²) in [7, 11) is 0. The van der Waals surface area contributed by atoms with Crippen LogP contribution < -0.4 is 11.1 Å². The number of nitrogens with two attached hydrogens (primary N) is 1. The van der Waals surface area contributed by atoms with Gasteiger partial charge in [0.1, 0.15) is 5.82 Å². The lowest BCUT2D eigenvalue weighted by atomic mass is 10.2. The minimum absolute atomic E-state index is 0.00370. The third kappa shape index (κ3) is 3.26. The van der Waals surface area contributed by atoms with E-state index < -0.39 is 11.7 Å². The Bertz CT molecular complexity index is 644. The number of nitrogens with one attached hydrogen (secondary N) is 1. The molecule has 0 aliphatic heterocycles. The molecular weight excluding hydrogens is 314 g/mol. The van der Waals surface area contributed by atoms with Crippen LogP contribution in [0.1, 0.15) is 5.56 Å². The van der Waals surface area contributed by atoms with E-state index >= 15 is 0 Å². The molecule has 1 heterocycles. The Labute approximate surface area is 122 Å². The van der Waals surface area contributed by atoms with Crippen molar-refractivity contribution in [2.75, 3.05) is 11.1 Å². The fraction of sp³-hybridized carbons (Fsp3) is 0.0833. The van der Waals surface area contributed by atoms with Crippen LogP contribution in [-0.4, -0.2) is 4.98 Å². The highest BCUT2D eigenvalue weighted by Gasteiger charge is 2.31. The SMILES string of the molecule is Nc1ncc(C(F)(F)F)cc1Nc1cc(Cl)ccc1Cl. The van der Waals surface area contributed by atoms with E-state index in [4.69, 9.17) is 28.9 Å². The Morgan fingerprint density at radius 1 is 1.10 bits per heavy atom. The molecule has 0 atom stereocenters. The van der Waals surface area contributed by atoms with Gasteiger partial charge in [0, 0.05) is 11.2 Å². The zero-order valence-electron chi connectivity index (χ0n) is 9.80. The van der Waals surface area contributed by atoms with E-state index in [2.05, 4.69) is 10.3 Å². The van der Waals surface area contributed by atoms with Crippen LogP contribution in [-0.2, 0) is 6.18 Å². The first-order valence-corrected chi connectivity index (χ1v) is 6.08. The second kappa shape index (κ2) is 5.38. The third-order valence-electron chi connectivity index (χ3n) is 2.44. The molecule has 2 rings (SSSR count). The predicted molar refractivity (Wildman–Crippen MR) is 73.4 cm³/mol. The summed E-state index contributed by atoms with van der Waals surface area (Å²) >= 11 is 11.7. The van der Waals surface area contributed by atoms with Crippen molar-refractivity contribution < 1.29 is 13.2 Å². The molecule has 106 valence electrons. The standard InChI is InChI=1S/C12H8Cl2F3N3/c13-7-1-2-8(14)9(4-7)20-10-3-6(12(15,16)17)5-19-11(10)18/h1-5,20H,(H2,18,19). The second-order valence-corrected chi connectivity index (χ2v) is 4.75. The number of alkyl halides is 3. The van der Waals surface area contributed by atoms with Crippen LogP contribution in [0.25, 0.3) is 0 Å². The van der Waals surface area contributed by atoms with Crippen LogP contribution >= 0.6 is 23.2 Å². The van der Waals surface area contributed by atoms with Gasteiger partial charge < -0.3 is 11.1 Å². The molecule has 0 saturated carbocycles. The number of hydrogen-bond acceptors (Lipinski definition) is 3. The first kappa shape index (κ1) is 14.7. The Hall–Kier alpha value is -1.66. The summed E-state index contributed by atoms with van der Waals surface area (Å²) in [5.74, 6) is -0.0750. The zero-order valence-corrected chi connectivity index (χ0v) is 11.3. The molecule has 0 radical (unpaired) electrons. The van der Waals surface area contributed by atoms with Crippen LogP contribution in [0.3, 0.4) is 0 Å². The number of nitrogens with zero attached hydrogens (tertiary/aromatic N) is 1. The van der Waals surface area contributed by atoms with E-state index in [-0.39, 0.29) is 11.5 Å². The molecule has 0 unspecified atom stereocenters. The molecule has 0 fully saturated rings. The quantitative estimate of drug-likeness (QED) is 0.840. The number of benzene rings is 1. The molecule has 20 heavy (non-hydrogen) atoms. The summed E-state index contributed by atoms with van der Waals surface area (Å²) in [5.41, 5.74) is 4.99. The highest BCUT2D eigenvalue weighted by molar-refractivity contribution is 6.35. The Balaban J connectivity index is 2.40. The third-order valence-corrected chi connectivity index (χ3v) is 3.01. The van der Waals surface area contributed by atoms with E-state index in [0.717, 1.165) is 6.07 Å². The van der Waals surface area contributed by atoms with Crippen LogP contribution in [0.4, 0.5) is 30.4 Å². The van der Waals surface area contributed by atoms with Crippen LogP contribution in [0.15, 0.2) is 30.5 Å². The highest BCUT2D eigenvalue weighted by Crippen LogP contribution is 2.34. The molecule has 0 bridgehead atoms. The summed E-state index contributed by atoms with van der Waals surface area (Å²) in [6, 6.07) is 5.41. The summed E-state index contributed by atoms with van der Waals surface area (Å²) in [5, 5.41) is 3.37. The van der Waals surface area contributed by atoms with Crippen molar-refractivity contribution in [3.8, 4) is 0 Å². The molecule has 0 aliphatic rings. The smallest absolute Gasteiger partial charge is 0.382 e. The van der Waals surface area contributed by atoms with Gasteiger partial charge in [-0.2, -0.15) is 13.2 Å². The van der Waals surface area contributed by atoms with Crippen molar-refractivity contribution >= 4 is 40.4 Å². The number of hydrogen-bond donors (Lipinski definition) is 2. The van der Waals surface area contributed by atoms with Gasteiger partial charge in [0.2, 0.25) is 0 Å². The molecule has 1 aromatic heterocycles. The second-order valence-electron chi connectivity index (χ2n) is 3.90. The van der Waals surface area contributed by atoms with Crippen LogP contribution in [0.2, 0.25) is 10.0 Å². The van der Waals surface area contributed by atoms with Crippen LogP contribution in [0.5, 0.6) is 0 Å². The monoisotopic (exact) mass is 321 g/mol. The highest BCUT2D eigenvalue weighted by atomic mass is 35.5. The zero-order chi connectivity index (χ0) is 14.9. The average molecular weight is 322 g/mol. The molecule has 2 aromatic rings. The first-order chi connectivity index (χ1) is 9.27. The van der Waals surface area contributed by atoms with E-state index in [1.807, 2.05) is 0 Å². The van der Waals surface area contributed by atoms with Crippen LogP contribution in [0, 0.1) is 0 Å². The number of rotatable bonds is 2. The topological polar surface area (TPSA) is 50.9 Å². The molecule has 0 aliphatic carbocycles. The molecule has 8 heteroatoms. The van der Waals surface area contributed by atoms with Gasteiger partial charge in [0.05, 0.1) is 22.0 Å². The van der Waals surface area contributed by atoms with Crippen molar-refractivity contribution in [1.82, 2.24) is 4.98 Å². The normalized spacial score (nSPS) is 11.4. The van der Waals surface area contributed by atoms with E-state index in [1.54, 1.807) is 6.07 Å². The van der Waals surface area contributed by atoms with Gasteiger partial charge in [0.15, 0.2) is 0 Å². The van der Waals surface area contributed by atoms with Crippen molar-refractivity contribution in [2.24, 2.45) is 0 Å².